The van der Waals surface area contributed by atoms with Gasteiger partial charge in [-0.15, -0.1) is 11.3 Å². The maximum Gasteiger partial charge on any atom is 0.202 e. The fourth-order valence-corrected chi connectivity index (χ4v) is 4.14. The molecule has 0 atom stereocenters. The number of hydrogen-bond donors (Lipinski definition) is 0. The van der Waals surface area contributed by atoms with Gasteiger partial charge < -0.3 is 4.74 Å². The summed E-state index contributed by atoms with van der Waals surface area (Å²) < 4.78 is 7.19. The molecular formula is C13H8BrCl3O2S. The van der Waals surface area contributed by atoms with Gasteiger partial charge in [0.1, 0.15) is 10.1 Å². The highest BCUT2D eigenvalue weighted by Gasteiger charge is 2.16. The van der Waals surface area contributed by atoms with Crippen molar-refractivity contribution in [3.05, 3.63) is 47.5 Å². The van der Waals surface area contributed by atoms with Gasteiger partial charge >= 0.3 is 0 Å². The van der Waals surface area contributed by atoms with Crippen molar-refractivity contribution in [2.75, 3.05) is 6.61 Å². The van der Waals surface area contributed by atoms with E-state index in [4.69, 9.17) is 39.5 Å². The van der Waals surface area contributed by atoms with Crippen molar-refractivity contribution in [3.63, 3.8) is 0 Å². The first-order chi connectivity index (χ1) is 9.38. The van der Waals surface area contributed by atoms with Crippen LogP contribution in [-0.2, 0) is 0 Å². The Bertz CT molecular complexity index is 647. The predicted octanol–water partition coefficient (Wildman–Crippen LogP) is 6.04. The summed E-state index contributed by atoms with van der Waals surface area (Å²) in [6, 6.07) is 5.11. The monoisotopic (exact) mass is 412 g/mol. The van der Waals surface area contributed by atoms with Crippen LogP contribution in [0.5, 0.6) is 5.75 Å². The SMILES string of the molecule is Cc1cc(Br)cc(Cl)c1OCC(=O)c1cc(Cl)sc1Cl. The minimum Gasteiger partial charge on any atom is -0.484 e. The lowest BCUT2D eigenvalue weighted by molar-refractivity contribution is 0.0922. The standard InChI is InChI=1S/C13H8BrCl3O2S/c1-6-2-7(14)3-9(15)12(6)19-5-10(18)8-4-11(16)20-13(8)17/h2-4H,5H2,1H3. The van der Waals surface area contributed by atoms with Crippen molar-refractivity contribution >= 4 is 67.9 Å². The van der Waals surface area contributed by atoms with Gasteiger partial charge in [-0.3, -0.25) is 4.79 Å². The molecule has 0 fully saturated rings. The zero-order valence-corrected chi connectivity index (χ0v) is 14.8. The molecule has 0 aliphatic rings. The highest BCUT2D eigenvalue weighted by molar-refractivity contribution is 9.10. The van der Waals surface area contributed by atoms with Gasteiger partial charge in [0.25, 0.3) is 0 Å². The number of carbonyl (C=O) groups excluding carboxylic acids is 1. The minimum absolute atomic E-state index is 0.144. The second-order valence-electron chi connectivity index (χ2n) is 3.98. The molecule has 0 N–H and O–H groups in total. The molecule has 0 unspecified atom stereocenters. The van der Waals surface area contributed by atoms with Crippen molar-refractivity contribution < 1.29 is 9.53 Å². The summed E-state index contributed by atoms with van der Waals surface area (Å²) >= 11 is 22.3. The summed E-state index contributed by atoms with van der Waals surface area (Å²) in [5.41, 5.74) is 1.21. The molecule has 2 aromatic rings. The van der Waals surface area contributed by atoms with Gasteiger partial charge in [0.2, 0.25) is 5.78 Å². The van der Waals surface area contributed by atoms with Gasteiger partial charge in [0, 0.05) is 4.47 Å². The average Bonchev–Trinajstić information content (AvgIpc) is 2.66. The molecule has 0 saturated heterocycles. The minimum atomic E-state index is -0.239. The summed E-state index contributed by atoms with van der Waals surface area (Å²) in [4.78, 5) is 12.0. The fraction of sp³-hybridized carbons (Fsp3) is 0.154. The largest absolute Gasteiger partial charge is 0.484 e. The van der Waals surface area contributed by atoms with Crippen LogP contribution >= 0.6 is 62.1 Å². The zero-order valence-electron chi connectivity index (χ0n) is 10.2. The van der Waals surface area contributed by atoms with Crippen molar-refractivity contribution in [2.24, 2.45) is 0 Å². The lowest BCUT2D eigenvalue weighted by Crippen LogP contribution is -2.12. The van der Waals surface area contributed by atoms with Gasteiger partial charge in [-0.05, 0) is 30.7 Å². The Balaban J connectivity index is 2.13. The molecule has 1 aromatic carbocycles. The summed E-state index contributed by atoms with van der Waals surface area (Å²) in [7, 11) is 0. The second-order valence-corrected chi connectivity index (χ2v) is 7.59. The molecule has 0 aliphatic carbocycles. The topological polar surface area (TPSA) is 26.3 Å². The van der Waals surface area contributed by atoms with Gasteiger partial charge in [0.05, 0.1) is 14.9 Å². The Hall–Kier alpha value is -0.260. The van der Waals surface area contributed by atoms with Gasteiger partial charge in [-0.2, -0.15) is 0 Å². The van der Waals surface area contributed by atoms with E-state index in [9.17, 15) is 4.79 Å². The Kier molecular flexibility index (Phi) is 5.37. The highest BCUT2D eigenvalue weighted by Crippen LogP contribution is 2.33. The smallest absolute Gasteiger partial charge is 0.202 e. The van der Waals surface area contributed by atoms with Crippen LogP contribution in [0.25, 0.3) is 0 Å². The number of halogens is 4. The maximum atomic E-state index is 12.0. The lowest BCUT2D eigenvalue weighted by Gasteiger charge is -2.10. The molecule has 1 aromatic heterocycles. The first-order valence-electron chi connectivity index (χ1n) is 5.45. The molecule has 2 rings (SSSR count). The van der Waals surface area contributed by atoms with Gasteiger partial charge in [0.15, 0.2) is 6.61 Å². The van der Waals surface area contributed by atoms with Crippen molar-refractivity contribution in [1.82, 2.24) is 0 Å². The van der Waals surface area contributed by atoms with E-state index in [0.717, 1.165) is 21.4 Å². The molecule has 0 spiro atoms. The molecule has 0 saturated carbocycles. The molecule has 106 valence electrons. The number of carbonyl (C=O) groups is 1. The van der Waals surface area contributed by atoms with E-state index in [1.165, 1.54) is 6.07 Å². The van der Waals surface area contributed by atoms with Crippen LogP contribution in [0.3, 0.4) is 0 Å². The number of hydrogen-bond acceptors (Lipinski definition) is 3. The highest BCUT2D eigenvalue weighted by atomic mass is 79.9. The molecule has 0 bridgehead atoms. The van der Waals surface area contributed by atoms with E-state index < -0.39 is 0 Å². The van der Waals surface area contributed by atoms with Crippen molar-refractivity contribution in [1.29, 1.82) is 0 Å². The van der Waals surface area contributed by atoms with E-state index in [2.05, 4.69) is 15.9 Å². The normalized spacial score (nSPS) is 10.7. The van der Waals surface area contributed by atoms with E-state index >= 15 is 0 Å². The van der Waals surface area contributed by atoms with Crippen LogP contribution in [0.4, 0.5) is 0 Å². The summed E-state index contributed by atoms with van der Waals surface area (Å²) in [6.07, 6.45) is 0. The van der Waals surface area contributed by atoms with Crippen LogP contribution in [0, 0.1) is 6.92 Å². The number of ketones is 1. The second kappa shape index (κ2) is 6.67. The average molecular weight is 415 g/mol. The molecular weight excluding hydrogens is 406 g/mol. The number of ether oxygens (including phenoxy) is 1. The Morgan fingerprint density at radius 3 is 2.55 bits per heavy atom. The van der Waals surface area contributed by atoms with Crippen molar-refractivity contribution in [3.8, 4) is 5.75 Å². The number of benzene rings is 1. The van der Waals surface area contributed by atoms with Crippen LogP contribution in [0.2, 0.25) is 13.7 Å². The van der Waals surface area contributed by atoms with Crippen LogP contribution < -0.4 is 4.74 Å². The summed E-state index contributed by atoms with van der Waals surface area (Å²) in [6.45, 7) is 1.71. The first kappa shape index (κ1) is 16.1. The number of Topliss-reactive ketones (excluding diaryl/α,β-unsaturated/α-hetero) is 1. The van der Waals surface area contributed by atoms with Crippen LogP contribution in [0.15, 0.2) is 22.7 Å². The summed E-state index contributed by atoms with van der Waals surface area (Å²) in [5.74, 6) is 0.247. The molecule has 2 nitrogen and oxygen atoms in total. The first-order valence-corrected chi connectivity index (χ1v) is 8.19. The lowest BCUT2D eigenvalue weighted by atomic mass is 10.2. The molecule has 1 heterocycles. The van der Waals surface area contributed by atoms with Crippen LogP contribution in [0.1, 0.15) is 15.9 Å². The Morgan fingerprint density at radius 2 is 2.00 bits per heavy atom. The third kappa shape index (κ3) is 3.68. The predicted molar refractivity (Wildman–Crippen MR) is 88.1 cm³/mol. The number of thiophene rings is 1. The third-order valence-electron chi connectivity index (χ3n) is 2.50. The quantitative estimate of drug-likeness (QED) is 0.570. The third-order valence-corrected chi connectivity index (χ3v) is 4.72. The van der Waals surface area contributed by atoms with E-state index in [-0.39, 0.29) is 12.4 Å². The van der Waals surface area contributed by atoms with E-state index in [1.54, 1.807) is 6.07 Å². The fourth-order valence-electron chi connectivity index (χ4n) is 1.62. The van der Waals surface area contributed by atoms with E-state index in [1.807, 2.05) is 13.0 Å². The summed E-state index contributed by atoms with van der Waals surface area (Å²) in [5, 5.41) is 0.444. The van der Waals surface area contributed by atoms with Gasteiger partial charge in [-0.25, -0.2) is 0 Å². The molecule has 0 radical (unpaired) electrons. The number of aryl methyl sites for hydroxylation is 1. The van der Waals surface area contributed by atoms with Crippen molar-refractivity contribution in [2.45, 2.75) is 6.92 Å². The van der Waals surface area contributed by atoms with E-state index in [0.29, 0.717) is 25.0 Å². The number of rotatable bonds is 4. The molecule has 20 heavy (non-hydrogen) atoms. The molecule has 7 heteroatoms. The van der Waals surface area contributed by atoms with Gasteiger partial charge in [-0.1, -0.05) is 50.7 Å². The zero-order chi connectivity index (χ0) is 14.9. The molecule has 0 aliphatic heterocycles. The molecule has 0 amide bonds. The van der Waals surface area contributed by atoms with Crippen LogP contribution in [-0.4, -0.2) is 12.4 Å². The Labute approximate surface area is 143 Å². The maximum absolute atomic E-state index is 12.0. The Morgan fingerprint density at radius 1 is 1.30 bits per heavy atom.